The summed E-state index contributed by atoms with van der Waals surface area (Å²) in [5.74, 6) is -5.31. The fraction of sp³-hybridized carbons (Fsp3) is 0.682. The van der Waals surface area contributed by atoms with E-state index in [0.717, 1.165) is 10.8 Å². The molecule has 0 saturated carbocycles. The fourth-order valence-electron chi connectivity index (χ4n) is 9.09. The van der Waals surface area contributed by atoms with E-state index in [0.29, 0.717) is 23.5 Å². The van der Waals surface area contributed by atoms with Crippen LogP contribution in [0, 0.1) is 23.7 Å². The molecule has 3 aliphatic rings. The third kappa shape index (κ3) is 10.4. The van der Waals surface area contributed by atoms with Crippen LogP contribution in [0.4, 0.5) is 0 Å². The largest absolute Gasteiger partial charge is 0.459 e. The molecule has 59 heavy (non-hydrogen) atoms. The number of ketones is 1. The van der Waals surface area contributed by atoms with Crippen LogP contribution >= 0.6 is 0 Å². The number of pyridine rings is 1. The van der Waals surface area contributed by atoms with Crippen molar-refractivity contribution in [3.05, 3.63) is 42.2 Å². The summed E-state index contributed by atoms with van der Waals surface area (Å²) in [7, 11) is 3.74. The van der Waals surface area contributed by atoms with Gasteiger partial charge in [0.1, 0.15) is 29.4 Å². The normalized spacial score (nSPS) is 38.1. The number of nitrogens with zero attached hydrogens (tertiary/aromatic N) is 4. The SMILES string of the molecule is CC[C@H]1OC(=O)[C@H](C)C(=O)[C@H](C)[C@@H](O[C@@H]2O[C@H](C)C[C@H](N(C)C)[C@H]2O)[C@@]2(C)C[C@@H](C)C(=NC(C)=O)[C@H](C)[C@H](OC/C(=N\OCc3nccc4ccccc34)CO2)[C@]1(C)O. The summed E-state index contributed by atoms with van der Waals surface area (Å²) >= 11 is 0. The van der Waals surface area contributed by atoms with Gasteiger partial charge in [-0.1, -0.05) is 57.1 Å². The number of aliphatic hydroxyl groups is 2. The van der Waals surface area contributed by atoms with E-state index in [1.54, 1.807) is 27.0 Å². The van der Waals surface area contributed by atoms with E-state index < -0.39 is 83.2 Å². The second-order valence-electron chi connectivity index (χ2n) is 17.3. The maximum atomic E-state index is 14.5. The highest BCUT2D eigenvalue weighted by atomic mass is 16.7. The van der Waals surface area contributed by atoms with Gasteiger partial charge in [0.15, 0.2) is 18.7 Å². The lowest BCUT2D eigenvalue weighted by molar-refractivity contribution is -0.296. The molecule has 1 amide bonds. The monoisotopic (exact) mass is 824 g/mol. The van der Waals surface area contributed by atoms with Crippen molar-refractivity contribution in [1.29, 1.82) is 0 Å². The zero-order valence-electron chi connectivity index (χ0n) is 36.4. The van der Waals surface area contributed by atoms with Gasteiger partial charge in [-0.25, -0.2) is 4.99 Å². The van der Waals surface area contributed by atoms with Gasteiger partial charge in [0.05, 0.1) is 42.8 Å². The summed E-state index contributed by atoms with van der Waals surface area (Å²) in [6, 6.07) is 9.40. The minimum absolute atomic E-state index is 0.0251. The van der Waals surface area contributed by atoms with Crippen LogP contribution in [0.25, 0.3) is 10.8 Å². The van der Waals surface area contributed by atoms with Crippen molar-refractivity contribution in [3.8, 4) is 0 Å². The van der Waals surface area contributed by atoms with Crippen molar-refractivity contribution in [1.82, 2.24) is 9.88 Å². The first-order chi connectivity index (χ1) is 27.8. The van der Waals surface area contributed by atoms with Crippen LogP contribution in [-0.4, -0.2) is 131 Å². The van der Waals surface area contributed by atoms with Gasteiger partial charge >= 0.3 is 5.97 Å². The molecule has 4 heterocycles. The number of oxime groups is 1. The van der Waals surface area contributed by atoms with Crippen molar-refractivity contribution in [2.75, 3.05) is 27.3 Å². The number of esters is 1. The van der Waals surface area contributed by atoms with Crippen molar-refractivity contribution >= 4 is 39.9 Å². The molecule has 2 aromatic rings. The summed E-state index contributed by atoms with van der Waals surface area (Å²) in [4.78, 5) is 58.1. The van der Waals surface area contributed by atoms with Gasteiger partial charge in [0.2, 0.25) is 5.91 Å². The molecule has 0 unspecified atom stereocenters. The maximum absolute atomic E-state index is 14.5. The first kappa shape index (κ1) is 46.4. The number of rotatable bonds is 7. The average Bonchev–Trinajstić information content (AvgIpc) is 3.20. The number of aliphatic hydroxyl groups excluding tert-OH is 1. The molecule has 2 N–H and O–H groups in total. The number of ether oxygens (including phenoxy) is 5. The molecule has 2 bridgehead atoms. The smallest absolute Gasteiger partial charge is 0.316 e. The standard InChI is InChI=1S/C44H64N4O11/c1-12-35-44(9,53)40-26(4)36(46-29(7)49)24(2)20-43(8,55-22-31(21-54-40)47-56-23-33-32-16-14-13-15-30(32)17-18-45-33)39(27(5)37(50)28(6)41(52)58-35)59-42-38(51)34(48(10)11)19-25(3)57-42/h13-18,24-28,34-35,38-40,42,51,53H,12,19-23H2,1-11H3/b46-36?,47-31+/t24-,25-,26+,27+,28-,34+,35-,38-,39-,40+,42+,43-,44-/m1/s1. The molecule has 5 rings (SSSR count). The van der Waals surface area contributed by atoms with E-state index in [1.807, 2.05) is 70.1 Å². The molecule has 0 aliphatic carbocycles. The summed E-state index contributed by atoms with van der Waals surface area (Å²) in [6.07, 6.45) is -3.40. The van der Waals surface area contributed by atoms with E-state index in [2.05, 4.69) is 15.1 Å². The van der Waals surface area contributed by atoms with Crippen molar-refractivity contribution in [3.63, 3.8) is 0 Å². The number of benzene rings is 1. The van der Waals surface area contributed by atoms with Crippen LogP contribution in [-0.2, 0) is 49.5 Å². The predicted molar refractivity (Wildman–Crippen MR) is 221 cm³/mol. The first-order valence-electron chi connectivity index (χ1n) is 20.8. The Kier molecular flexibility index (Phi) is 15.2. The zero-order valence-corrected chi connectivity index (χ0v) is 36.4. The highest BCUT2D eigenvalue weighted by Gasteiger charge is 2.53. The Labute approximate surface area is 347 Å². The Morgan fingerprint density at radius 3 is 2.44 bits per heavy atom. The topological polar surface area (TPSA) is 188 Å². The molecule has 3 aliphatic heterocycles. The molecule has 3 fully saturated rings. The van der Waals surface area contributed by atoms with Crippen LogP contribution in [0.1, 0.15) is 87.3 Å². The molecule has 0 spiro atoms. The number of hydrogen-bond donors (Lipinski definition) is 2. The Hall–Kier alpha value is -3.70. The summed E-state index contributed by atoms with van der Waals surface area (Å²) in [6.45, 7) is 14.8. The first-order valence-corrected chi connectivity index (χ1v) is 20.8. The second kappa shape index (κ2) is 19.3. The number of aromatic nitrogens is 1. The highest BCUT2D eigenvalue weighted by molar-refractivity contribution is 6.00. The van der Waals surface area contributed by atoms with Gasteiger partial charge in [-0.3, -0.25) is 19.4 Å². The summed E-state index contributed by atoms with van der Waals surface area (Å²) in [5, 5.41) is 30.5. The Balaban J connectivity index is 1.68. The van der Waals surface area contributed by atoms with Crippen LogP contribution in [0.5, 0.6) is 0 Å². The maximum Gasteiger partial charge on any atom is 0.316 e. The molecular weight excluding hydrogens is 761 g/mol. The quantitative estimate of drug-likeness (QED) is 0.223. The number of carbonyl (C=O) groups is 3. The fourth-order valence-corrected chi connectivity index (χ4v) is 9.09. The van der Waals surface area contributed by atoms with Gasteiger partial charge < -0.3 is 43.6 Å². The average molecular weight is 825 g/mol. The van der Waals surface area contributed by atoms with Crippen molar-refractivity contribution < 1.29 is 53.1 Å². The van der Waals surface area contributed by atoms with Gasteiger partial charge in [0, 0.05) is 42.1 Å². The number of likely N-dealkylation sites (N-methyl/N-ethyl adjacent to an activating group) is 1. The van der Waals surface area contributed by atoms with Crippen molar-refractivity contribution in [2.45, 2.75) is 142 Å². The second-order valence-corrected chi connectivity index (χ2v) is 17.3. The minimum Gasteiger partial charge on any atom is -0.459 e. The Bertz CT molecular complexity index is 1860. The van der Waals surface area contributed by atoms with Crippen LogP contribution in [0.3, 0.4) is 0 Å². The highest BCUT2D eigenvalue weighted by Crippen LogP contribution is 2.40. The molecule has 326 valence electrons. The van der Waals surface area contributed by atoms with E-state index >= 15 is 0 Å². The van der Waals surface area contributed by atoms with E-state index in [-0.39, 0.29) is 44.8 Å². The third-order valence-electron chi connectivity index (χ3n) is 12.3. The van der Waals surface area contributed by atoms with Gasteiger partial charge in [-0.15, -0.1) is 0 Å². The van der Waals surface area contributed by atoms with Gasteiger partial charge in [0.25, 0.3) is 0 Å². The van der Waals surface area contributed by atoms with Crippen LogP contribution in [0.2, 0.25) is 0 Å². The molecule has 15 nitrogen and oxygen atoms in total. The molecule has 13 atom stereocenters. The zero-order chi connectivity index (χ0) is 43.4. The molecule has 1 aromatic heterocycles. The third-order valence-corrected chi connectivity index (χ3v) is 12.3. The Morgan fingerprint density at radius 2 is 1.76 bits per heavy atom. The van der Waals surface area contributed by atoms with Crippen molar-refractivity contribution in [2.24, 2.45) is 33.8 Å². The number of Topliss-reactive ketones (excluding diaryl/α,β-unsaturated/α-hetero) is 1. The predicted octanol–water partition coefficient (Wildman–Crippen LogP) is 4.67. The molecule has 15 heteroatoms. The molecular formula is C44H64N4O11. The van der Waals surface area contributed by atoms with Crippen LogP contribution < -0.4 is 0 Å². The summed E-state index contributed by atoms with van der Waals surface area (Å²) in [5.41, 5.74) is -1.87. The number of fused-ring (bicyclic) bond motifs is 6. The lowest BCUT2D eigenvalue weighted by Gasteiger charge is -2.47. The molecule has 1 aromatic carbocycles. The van der Waals surface area contributed by atoms with E-state index in [1.165, 1.54) is 20.8 Å². The van der Waals surface area contributed by atoms with Gasteiger partial charge in [-0.05, 0) is 78.4 Å². The van der Waals surface area contributed by atoms with Crippen LogP contribution in [0.15, 0.2) is 46.7 Å². The van der Waals surface area contributed by atoms with E-state index in [4.69, 9.17) is 28.5 Å². The van der Waals surface area contributed by atoms with E-state index in [9.17, 15) is 24.6 Å². The molecule has 3 saturated heterocycles. The Morgan fingerprint density at radius 1 is 1.05 bits per heavy atom. The molecule has 0 radical (unpaired) electrons. The lowest BCUT2D eigenvalue weighted by Crippen LogP contribution is -2.60. The lowest BCUT2D eigenvalue weighted by atomic mass is 9.73. The summed E-state index contributed by atoms with van der Waals surface area (Å²) < 4.78 is 32.5. The number of amides is 1. The number of aliphatic imine (C=N–C) groups is 1. The number of hydrogen-bond acceptors (Lipinski definition) is 14. The minimum atomic E-state index is -1.85. The van der Waals surface area contributed by atoms with Gasteiger partial charge in [-0.2, -0.15) is 0 Å². The number of cyclic esters (lactones) is 1. The number of carbonyl (C=O) groups excluding carboxylic acids is 3.